The summed E-state index contributed by atoms with van der Waals surface area (Å²) in [6.07, 6.45) is -4.02. The monoisotopic (exact) mass is 305 g/mol. The predicted molar refractivity (Wildman–Crippen MR) is 80.3 cm³/mol. The highest BCUT2D eigenvalue weighted by molar-refractivity contribution is 6.04. The summed E-state index contributed by atoms with van der Waals surface area (Å²) in [5, 5.41) is 2.44. The fourth-order valence-corrected chi connectivity index (χ4v) is 1.98. The maximum absolute atomic E-state index is 13.1. The summed E-state index contributed by atoms with van der Waals surface area (Å²) in [6.45, 7) is 1.83. The number of nitrogens with one attached hydrogen (secondary N) is 1. The third-order valence-electron chi connectivity index (χ3n) is 2.95. The lowest BCUT2D eigenvalue weighted by Crippen LogP contribution is -2.16. The average molecular weight is 305 g/mol. The first-order chi connectivity index (χ1) is 10.4. The van der Waals surface area contributed by atoms with Gasteiger partial charge >= 0.3 is 6.18 Å². The van der Waals surface area contributed by atoms with Gasteiger partial charge in [0.1, 0.15) is 0 Å². The summed E-state index contributed by atoms with van der Waals surface area (Å²) in [7, 11) is 0. The Labute approximate surface area is 126 Å². The molecule has 114 valence electrons. The molecule has 0 aliphatic rings. The highest BCUT2D eigenvalue weighted by atomic mass is 19.4. The molecule has 0 saturated heterocycles. The number of allylic oxidation sites excluding steroid dienone is 1. The van der Waals surface area contributed by atoms with Crippen LogP contribution in [0.25, 0.3) is 5.57 Å². The van der Waals surface area contributed by atoms with Crippen molar-refractivity contribution in [3.8, 4) is 0 Å². The van der Waals surface area contributed by atoms with Gasteiger partial charge in [0.2, 0.25) is 5.91 Å². The SMILES string of the molecule is Cc1cccc(NC(=O)/C=C(/c2ccccc2)C(F)(F)F)c1. The fourth-order valence-electron chi connectivity index (χ4n) is 1.98. The lowest BCUT2D eigenvalue weighted by atomic mass is 10.1. The number of rotatable bonds is 3. The lowest BCUT2D eigenvalue weighted by molar-refractivity contribution is -0.112. The van der Waals surface area contributed by atoms with Crippen molar-refractivity contribution in [1.29, 1.82) is 0 Å². The van der Waals surface area contributed by atoms with Gasteiger partial charge in [0, 0.05) is 11.8 Å². The summed E-state index contributed by atoms with van der Waals surface area (Å²) >= 11 is 0. The molecule has 0 saturated carbocycles. The topological polar surface area (TPSA) is 29.1 Å². The molecule has 0 aromatic heterocycles. The summed E-state index contributed by atoms with van der Waals surface area (Å²) in [6, 6.07) is 14.1. The molecular formula is C17H14F3NO. The van der Waals surface area contributed by atoms with E-state index in [0.717, 1.165) is 5.56 Å². The van der Waals surface area contributed by atoms with Crippen LogP contribution >= 0.6 is 0 Å². The number of aryl methyl sites for hydroxylation is 1. The van der Waals surface area contributed by atoms with Crippen LogP contribution in [0.1, 0.15) is 11.1 Å². The Morgan fingerprint density at radius 3 is 2.32 bits per heavy atom. The standard InChI is InChI=1S/C17H14F3NO/c1-12-6-5-9-14(10-12)21-16(22)11-15(17(18,19)20)13-7-3-2-4-8-13/h2-11H,1H3,(H,21,22)/b15-11-. The zero-order valence-corrected chi connectivity index (χ0v) is 11.8. The number of amides is 1. The molecule has 2 aromatic rings. The van der Waals surface area contributed by atoms with Crippen molar-refractivity contribution < 1.29 is 18.0 Å². The minimum Gasteiger partial charge on any atom is -0.322 e. The molecule has 0 atom stereocenters. The van der Waals surface area contributed by atoms with E-state index in [1.807, 2.05) is 13.0 Å². The van der Waals surface area contributed by atoms with Gasteiger partial charge in [0.15, 0.2) is 0 Å². The highest BCUT2D eigenvalue weighted by Gasteiger charge is 2.35. The molecule has 0 aliphatic heterocycles. The Morgan fingerprint density at radius 1 is 1.05 bits per heavy atom. The molecule has 0 radical (unpaired) electrons. The molecule has 0 unspecified atom stereocenters. The van der Waals surface area contributed by atoms with E-state index in [1.165, 1.54) is 24.3 Å². The predicted octanol–water partition coefficient (Wildman–Crippen LogP) is 4.58. The van der Waals surface area contributed by atoms with Gasteiger partial charge in [-0.15, -0.1) is 0 Å². The number of alkyl halides is 3. The minimum absolute atomic E-state index is 0.0469. The first-order valence-corrected chi connectivity index (χ1v) is 6.58. The molecule has 0 spiro atoms. The van der Waals surface area contributed by atoms with Gasteiger partial charge in [-0.1, -0.05) is 42.5 Å². The van der Waals surface area contributed by atoms with Crippen LogP contribution in [0.3, 0.4) is 0 Å². The summed E-state index contributed by atoms with van der Waals surface area (Å²) < 4.78 is 39.4. The second kappa shape index (κ2) is 6.47. The van der Waals surface area contributed by atoms with E-state index in [4.69, 9.17) is 0 Å². The molecule has 5 heteroatoms. The molecule has 22 heavy (non-hydrogen) atoms. The summed E-state index contributed by atoms with van der Waals surface area (Å²) in [4.78, 5) is 11.9. The molecule has 0 bridgehead atoms. The number of hydrogen-bond acceptors (Lipinski definition) is 1. The first-order valence-electron chi connectivity index (χ1n) is 6.58. The van der Waals surface area contributed by atoms with Gasteiger partial charge in [-0.05, 0) is 30.2 Å². The summed E-state index contributed by atoms with van der Waals surface area (Å²) in [5.74, 6) is -0.818. The molecular weight excluding hydrogens is 291 g/mol. The maximum Gasteiger partial charge on any atom is 0.417 e. The van der Waals surface area contributed by atoms with Crippen LogP contribution in [-0.2, 0) is 4.79 Å². The van der Waals surface area contributed by atoms with Gasteiger partial charge < -0.3 is 5.32 Å². The Hall–Kier alpha value is -2.56. The average Bonchev–Trinajstić information content (AvgIpc) is 2.44. The third-order valence-corrected chi connectivity index (χ3v) is 2.95. The molecule has 2 rings (SSSR count). The van der Waals surface area contributed by atoms with Crippen molar-refractivity contribution >= 4 is 17.2 Å². The minimum atomic E-state index is -4.61. The number of halogens is 3. The Balaban J connectivity index is 2.28. The number of anilines is 1. The maximum atomic E-state index is 13.1. The van der Waals surface area contributed by atoms with E-state index >= 15 is 0 Å². The molecule has 0 aliphatic carbocycles. The van der Waals surface area contributed by atoms with Crippen LogP contribution in [-0.4, -0.2) is 12.1 Å². The van der Waals surface area contributed by atoms with Gasteiger partial charge in [-0.3, -0.25) is 4.79 Å². The lowest BCUT2D eigenvalue weighted by Gasteiger charge is -2.12. The van der Waals surface area contributed by atoms with Crippen LogP contribution in [0, 0.1) is 6.92 Å². The van der Waals surface area contributed by atoms with Crippen LogP contribution in [0.4, 0.5) is 18.9 Å². The number of carbonyl (C=O) groups is 1. The van der Waals surface area contributed by atoms with E-state index in [1.54, 1.807) is 24.3 Å². The quantitative estimate of drug-likeness (QED) is 0.826. The van der Waals surface area contributed by atoms with E-state index in [0.29, 0.717) is 11.8 Å². The Bertz CT molecular complexity index is 691. The van der Waals surface area contributed by atoms with Crippen molar-refractivity contribution in [3.05, 3.63) is 71.8 Å². The Kier molecular flexibility index (Phi) is 4.65. The van der Waals surface area contributed by atoms with Gasteiger partial charge in [0.25, 0.3) is 0 Å². The van der Waals surface area contributed by atoms with Crippen LogP contribution < -0.4 is 5.32 Å². The van der Waals surface area contributed by atoms with E-state index in [9.17, 15) is 18.0 Å². The van der Waals surface area contributed by atoms with Crippen molar-refractivity contribution in [2.24, 2.45) is 0 Å². The second-order valence-electron chi connectivity index (χ2n) is 4.78. The van der Waals surface area contributed by atoms with Crippen molar-refractivity contribution in [3.63, 3.8) is 0 Å². The molecule has 2 nitrogen and oxygen atoms in total. The zero-order chi connectivity index (χ0) is 16.2. The zero-order valence-electron chi connectivity index (χ0n) is 11.8. The van der Waals surface area contributed by atoms with E-state index in [2.05, 4.69) is 5.32 Å². The van der Waals surface area contributed by atoms with Gasteiger partial charge in [-0.25, -0.2) is 0 Å². The molecule has 2 aromatic carbocycles. The van der Waals surface area contributed by atoms with E-state index in [-0.39, 0.29) is 5.56 Å². The number of benzene rings is 2. The largest absolute Gasteiger partial charge is 0.417 e. The van der Waals surface area contributed by atoms with Crippen molar-refractivity contribution in [2.45, 2.75) is 13.1 Å². The normalized spacial score (nSPS) is 12.1. The number of carbonyl (C=O) groups excluding carboxylic acids is 1. The number of hydrogen-bond donors (Lipinski definition) is 1. The molecule has 0 fully saturated rings. The molecule has 1 N–H and O–H groups in total. The van der Waals surface area contributed by atoms with Gasteiger partial charge in [0.05, 0.1) is 5.57 Å². The third kappa shape index (κ3) is 4.22. The molecule has 0 heterocycles. The van der Waals surface area contributed by atoms with Crippen LogP contribution in [0.15, 0.2) is 60.7 Å². The van der Waals surface area contributed by atoms with Gasteiger partial charge in [-0.2, -0.15) is 13.2 Å². The van der Waals surface area contributed by atoms with Crippen molar-refractivity contribution in [2.75, 3.05) is 5.32 Å². The van der Waals surface area contributed by atoms with Crippen LogP contribution in [0.2, 0.25) is 0 Å². The van der Waals surface area contributed by atoms with Crippen molar-refractivity contribution in [1.82, 2.24) is 0 Å². The Morgan fingerprint density at radius 2 is 1.73 bits per heavy atom. The first kappa shape index (κ1) is 15.8. The highest BCUT2D eigenvalue weighted by Crippen LogP contribution is 2.33. The second-order valence-corrected chi connectivity index (χ2v) is 4.78. The fraction of sp³-hybridized carbons (Fsp3) is 0.118. The molecule has 1 amide bonds. The van der Waals surface area contributed by atoms with Crippen LogP contribution in [0.5, 0.6) is 0 Å². The summed E-state index contributed by atoms with van der Waals surface area (Å²) in [5.41, 5.74) is 0.337. The van der Waals surface area contributed by atoms with E-state index < -0.39 is 17.7 Å². The smallest absolute Gasteiger partial charge is 0.322 e.